The maximum Gasteiger partial charge on any atom is 0.293 e. The van der Waals surface area contributed by atoms with Crippen molar-refractivity contribution in [1.29, 1.82) is 0 Å². The Morgan fingerprint density at radius 2 is 1.91 bits per heavy atom. The number of carbonyl (C=O) groups excluding carboxylic acids is 1. The van der Waals surface area contributed by atoms with Crippen LogP contribution in [0, 0.1) is 17.0 Å². The molecule has 1 saturated heterocycles. The second-order valence-electron chi connectivity index (χ2n) is 7.76. The zero-order valence-corrected chi connectivity index (χ0v) is 19.2. The Morgan fingerprint density at radius 1 is 1.19 bits per heavy atom. The minimum atomic E-state index is -0.473. The van der Waals surface area contributed by atoms with Crippen LogP contribution in [0.25, 0.3) is 0 Å². The number of aromatic nitrogens is 1. The SMILES string of the molecule is Cc1nc(N2CCCCC2)sc1C(=O)c1ccc(NCc2ccc(Cl)cc2)c([N+](=O)[O-])c1. The summed E-state index contributed by atoms with van der Waals surface area (Å²) in [4.78, 5) is 31.7. The Morgan fingerprint density at radius 3 is 2.59 bits per heavy atom. The summed E-state index contributed by atoms with van der Waals surface area (Å²) in [5.74, 6) is -0.240. The first-order valence-corrected chi connectivity index (χ1v) is 11.7. The molecule has 0 radical (unpaired) electrons. The normalized spacial score (nSPS) is 13.8. The molecule has 1 aliphatic heterocycles. The molecule has 4 rings (SSSR count). The quantitative estimate of drug-likeness (QED) is 0.265. The lowest BCUT2D eigenvalue weighted by molar-refractivity contribution is -0.384. The third-order valence-electron chi connectivity index (χ3n) is 5.47. The van der Waals surface area contributed by atoms with E-state index < -0.39 is 4.92 Å². The molecular formula is C23H23ClN4O3S. The number of nitrogens with one attached hydrogen (secondary N) is 1. The molecule has 3 aromatic rings. The largest absolute Gasteiger partial charge is 0.375 e. The average molecular weight is 471 g/mol. The fraction of sp³-hybridized carbons (Fsp3) is 0.304. The van der Waals surface area contributed by atoms with Crippen LogP contribution in [-0.4, -0.2) is 28.8 Å². The standard InChI is InChI=1S/C23H23ClN4O3S/c1-15-22(32-23(26-15)27-11-3-2-4-12-27)21(29)17-7-10-19(20(13-17)28(30)31)25-14-16-5-8-18(24)9-6-16/h5-10,13,25H,2-4,11-12,14H2,1H3. The van der Waals surface area contributed by atoms with E-state index in [2.05, 4.69) is 15.2 Å². The van der Waals surface area contributed by atoms with Gasteiger partial charge in [0.15, 0.2) is 5.13 Å². The highest BCUT2D eigenvalue weighted by Crippen LogP contribution is 2.32. The van der Waals surface area contributed by atoms with Gasteiger partial charge in [-0.25, -0.2) is 4.98 Å². The molecule has 0 amide bonds. The van der Waals surface area contributed by atoms with Gasteiger partial charge in [-0.05, 0) is 56.0 Å². The van der Waals surface area contributed by atoms with Gasteiger partial charge in [0, 0.05) is 36.3 Å². The second-order valence-corrected chi connectivity index (χ2v) is 9.17. The Balaban J connectivity index is 1.55. The molecule has 0 atom stereocenters. The third-order valence-corrected chi connectivity index (χ3v) is 6.94. The predicted octanol–water partition coefficient (Wildman–Crippen LogP) is 5.85. The van der Waals surface area contributed by atoms with Gasteiger partial charge in [0.25, 0.3) is 5.69 Å². The molecule has 0 spiro atoms. The first kappa shape index (κ1) is 22.2. The fourth-order valence-corrected chi connectivity index (χ4v) is 4.92. The van der Waals surface area contributed by atoms with Crippen molar-refractivity contribution in [3.05, 3.63) is 79.3 Å². The molecule has 166 valence electrons. The number of rotatable bonds is 7. The molecule has 2 aromatic carbocycles. The molecule has 9 heteroatoms. The lowest BCUT2D eigenvalue weighted by Crippen LogP contribution is -2.29. The number of nitrogens with zero attached hydrogens (tertiary/aromatic N) is 3. The maximum atomic E-state index is 13.2. The topological polar surface area (TPSA) is 88.4 Å². The van der Waals surface area contributed by atoms with Crippen LogP contribution in [0.1, 0.15) is 45.8 Å². The molecule has 1 fully saturated rings. The number of aryl methyl sites for hydroxylation is 1. The summed E-state index contributed by atoms with van der Waals surface area (Å²) < 4.78 is 0. The van der Waals surface area contributed by atoms with Gasteiger partial charge in [0.1, 0.15) is 5.69 Å². The van der Waals surface area contributed by atoms with Crippen molar-refractivity contribution in [3.63, 3.8) is 0 Å². The van der Waals surface area contributed by atoms with Crippen LogP contribution >= 0.6 is 22.9 Å². The number of ketones is 1. The molecule has 0 aliphatic carbocycles. The number of benzene rings is 2. The molecule has 0 bridgehead atoms. The summed E-state index contributed by atoms with van der Waals surface area (Å²) in [6.07, 6.45) is 3.46. The van der Waals surface area contributed by atoms with Crippen LogP contribution < -0.4 is 10.2 Å². The number of anilines is 2. The van der Waals surface area contributed by atoms with Gasteiger partial charge in [-0.2, -0.15) is 0 Å². The molecule has 2 heterocycles. The fourth-order valence-electron chi connectivity index (χ4n) is 3.72. The van der Waals surface area contributed by atoms with Gasteiger partial charge in [0.2, 0.25) is 5.78 Å². The number of nitro groups is 1. The van der Waals surface area contributed by atoms with Crippen molar-refractivity contribution in [2.45, 2.75) is 32.7 Å². The van der Waals surface area contributed by atoms with Crippen LogP contribution in [0.3, 0.4) is 0 Å². The Labute approximate surface area is 195 Å². The predicted molar refractivity (Wildman–Crippen MR) is 128 cm³/mol. The smallest absolute Gasteiger partial charge is 0.293 e. The van der Waals surface area contributed by atoms with E-state index in [9.17, 15) is 14.9 Å². The minimum absolute atomic E-state index is 0.136. The highest BCUT2D eigenvalue weighted by Gasteiger charge is 2.24. The van der Waals surface area contributed by atoms with E-state index in [1.165, 1.54) is 23.8 Å². The van der Waals surface area contributed by atoms with E-state index in [0.29, 0.717) is 27.8 Å². The molecule has 32 heavy (non-hydrogen) atoms. The van der Waals surface area contributed by atoms with E-state index in [0.717, 1.165) is 36.6 Å². The molecule has 1 aliphatic rings. The third kappa shape index (κ3) is 4.92. The van der Waals surface area contributed by atoms with Crippen molar-refractivity contribution in [1.82, 2.24) is 4.98 Å². The summed E-state index contributed by atoms with van der Waals surface area (Å²) in [6, 6.07) is 11.8. The lowest BCUT2D eigenvalue weighted by Gasteiger charge is -2.25. The Hall–Kier alpha value is -2.97. The van der Waals surface area contributed by atoms with Crippen LogP contribution in [0.5, 0.6) is 0 Å². The molecule has 0 unspecified atom stereocenters. The van der Waals surface area contributed by atoms with Gasteiger partial charge >= 0.3 is 0 Å². The highest BCUT2D eigenvalue weighted by molar-refractivity contribution is 7.17. The van der Waals surface area contributed by atoms with Crippen molar-refractivity contribution in [2.75, 3.05) is 23.3 Å². The van der Waals surface area contributed by atoms with Gasteiger partial charge in [0.05, 0.1) is 15.5 Å². The molecule has 0 saturated carbocycles. The van der Waals surface area contributed by atoms with E-state index in [1.807, 2.05) is 19.1 Å². The summed E-state index contributed by atoms with van der Waals surface area (Å²) in [6.45, 7) is 4.10. The zero-order chi connectivity index (χ0) is 22.7. The number of hydrogen-bond donors (Lipinski definition) is 1. The molecule has 1 aromatic heterocycles. The van der Waals surface area contributed by atoms with Gasteiger partial charge in [-0.3, -0.25) is 14.9 Å². The number of nitro benzene ring substituents is 1. The summed E-state index contributed by atoms with van der Waals surface area (Å²) in [5, 5.41) is 16.2. The van der Waals surface area contributed by atoms with Crippen molar-refractivity contribution in [2.24, 2.45) is 0 Å². The van der Waals surface area contributed by atoms with Crippen LogP contribution in [0.4, 0.5) is 16.5 Å². The van der Waals surface area contributed by atoms with Crippen molar-refractivity contribution < 1.29 is 9.72 Å². The number of hydrogen-bond acceptors (Lipinski definition) is 7. The first-order chi connectivity index (χ1) is 15.4. The van der Waals surface area contributed by atoms with E-state index in [1.54, 1.807) is 24.3 Å². The van der Waals surface area contributed by atoms with E-state index in [4.69, 9.17) is 11.6 Å². The van der Waals surface area contributed by atoms with E-state index >= 15 is 0 Å². The molecule has 7 nitrogen and oxygen atoms in total. The van der Waals surface area contributed by atoms with Crippen LogP contribution in [-0.2, 0) is 6.54 Å². The lowest BCUT2D eigenvalue weighted by atomic mass is 10.1. The Bertz CT molecular complexity index is 1140. The monoisotopic (exact) mass is 470 g/mol. The Kier molecular flexibility index (Phi) is 6.72. The number of carbonyl (C=O) groups is 1. The van der Waals surface area contributed by atoms with Gasteiger partial charge in [-0.15, -0.1) is 0 Å². The maximum absolute atomic E-state index is 13.2. The second kappa shape index (κ2) is 9.67. The van der Waals surface area contributed by atoms with Crippen molar-refractivity contribution in [3.8, 4) is 0 Å². The number of thiazole rings is 1. The summed E-state index contributed by atoms with van der Waals surface area (Å²) in [5.41, 5.74) is 2.10. The number of halogens is 1. The summed E-state index contributed by atoms with van der Waals surface area (Å²) >= 11 is 7.27. The zero-order valence-electron chi connectivity index (χ0n) is 17.6. The highest BCUT2D eigenvalue weighted by atomic mass is 35.5. The molecular weight excluding hydrogens is 448 g/mol. The average Bonchev–Trinajstić information content (AvgIpc) is 3.20. The van der Waals surface area contributed by atoms with E-state index in [-0.39, 0.29) is 17.0 Å². The number of piperidine rings is 1. The van der Waals surface area contributed by atoms with Crippen molar-refractivity contribution >= 4 is 45.2 Å². The first-order valence-electron chi connectivity index (χ1n) is 10.5. The summed E-state index contributed by atoms with van der Waals surface area (Å²) in [7, 11) is 0. The minimum Gasteiger partial charge on any atom is -0.375 e. The van der Waals surface area contributed by atoms with Crippen LogP contribution in [0.15, 0.2) is 42.5 Å². The van der Waals surface area contributed by atoms with Gasteiger partial charge < -0.3 is 10.2 Å². The molecule has 1 N–H and O–H groups in total. The van der Waals surface area contributed by atoms with Crippen LogP contribution in [0.2, 0.25) is 5.02 Å². The van der Waals surface area contributed by atoms with Gasteiger partial charge in [-0.1, -0.05) is 35.1 Å².